The molecule has 0 aromatic heterocycles. The van der Waals surface area contributed by atoms with Gasteiger partial charge in [-0.2, -0.15) is 0 Å². The summed E-state index contributed by atoms with van der Waals surface area (Å²) in [6, 6.07) is 0. The first-order valence-corrected chi connectivity index (χ1v) is 3.62. The van der Waals surface area contributed by atoms with E-state index < -0.39 is 0 Å². The highest BCUT2D eigenvalue weighted by Crippen LogP contribution is 1.99. The van der Waals surface area contributed by atoms with Crippen molar-refractivity contribution < 1.29 is 9.53 Å². The molecule has 0 aliphatic carbocycles. The van der Waals surface area contributed by atoms with Crippen molar-refractivity contribution in [3.05, 3.63) is 24.8 Å². The van der Waals surface area contributed by atoms with Crippen LogP contribution in [0.4, 0.5) is 0 Å². The minimum absolute atomic E-state index is 0.153. The van der Waals surface area contributed by atoms with Gasteiger partial charge in [0.25, 0.3) is 0 Å². The van der Waals surface area contributed by atoms with Crippen LogP contribution in [-0.2, 0) is 9.53 Å². The highest BCUT2D eigenvalue weighted by atomic mass is 16.5. The van der Waals surface area contributed by atoms with Crippen molar-refractivity contribution in [2.75, 3.05) is 6.61 Å². The van der Waals surface area contributed by atoms with E-state index in [9.17, 15) is 4.79 Å². The number of hydrogen-bond donors (Lipinski definition) is 0. The highest BCUT2D eigenvalue weighted by molar-refractivity contribution is 5.73. The lowest BCUT2D eigenvalue weighted by Gasteiger charge is -2.04. The molecule has 0 aliphatic heterocycles. The van der Waals surface area contributed by atoms with Gasteiger partial charge in [0.1, 0.15) is 6.61 Å². The Bertz CT molecular complexity index is 159. The van der Waals surface area contributed by atoms with Gasteiger partial charge in [0.2, 0.25) is 0 Å². The van der Waals surface area contributed by atoms with E-state index in [1.807, 2.05) is 13.0 Å². The summed E-state index contributed by atoms with van der Waals surface area (Å²) in [5, 5.41) is 0. The summed E-state index contributed by atoms with van der Waals surface area (Å²) in [4.78, 5) is 11.0. The fourth-order valence-corrected chi connectivity index (χ4v) is 0.640. The van der Waals surface area contributed by atoms with Crippen LogP contribution in [0.25, 0.3) is 0 Å². The summed E-state index contributed by atoms with van der Waals surface area (Å²) in [5.41, 5.74) is 0. The van der Waals surface area contributed by atoms with Crippen LogP contribution in [0.1, 0.15) is 13.8 Å². The Morgan fingerprint density at radius 1 is 1.73 bits per heavy atom. The zero-order chi connectivity index (χ0) is 8.69. The molecule has 2 nitrogen and oxygen atoms in total. The second kappa shape index (κ2) is 5.71. The lowest BCUT2D eigenvalue weighted by Crippen LogP contribution is -2.12. The van der Waals surface area contributed by atoms with Crippen LogP contribution in [0.15, 0.2) is 24.8 Å². The summed E-state index contributed by atoms with van der Waals surface area (Å²) in [6.45, 7) is 7.40. The van der Waals surface area contributed by atoms with Crippen molar-refractivity contribution in [3.63, 3.8) is 0 Å². The van der Waals surface area contributed by atoms with E-state index >= 15 is 0 Å². The third kappa shape index (κ3) is 4.37. The first kappa shape index (κ1) is 9.95. The zero-order valence-corrected chi connectivity index (χ0v) is 7.04. The maximum Gasteiger partial charge on any atom is 0.312 e. The lowest BCUT2D eigenvalue weighted by molar-refractivity contribution is -0.144. The molecule has 0 fully saturated rings. The number of carbonyl (C=O) groups excluding carboxylic acids is 1. The molecule has 0 spiro atoms. The minimum atomic E-state index is -0.206. The van der Waals surface area contributed by atoms with E-state index in [-0.39, 0.29) is 11.9 Å². The number of hydrogen-bond acceptors (Lipinski definition) is 2. The molecular formula is C9H14O2. The predicted octanol–water partition coefficient (Wildman–Crippen LogP) is 1.93. The Hall–Kier alpha value is -1.05. The molecule has 0 bridgehead atoms. The zero-order valence-electron chi connectivity index (χ0n) is 7.04. The summed E-state index contributed by atoms with van der Waals surface area (Å²) < 4.78 is 4.80. The van der Waals surface area contributed by atoms with Crippen LogP contribution in [0.3, 0.4) is 0 Å². The maximum absolute atomic E-state index is 11.0. The van der Waals surface area contributed by atoms with Crippen LogP contribution >= 0.6 is 0 Å². The fraction of sp³-hybridized carbons (Fsp3) is 0.444. The molecule has 62 valence electrons. The highest BCUT2D eigenvalue weighted by Gasteiger charge is 2.08. The van der Waals surface area contributed by atoms with Gasteiger partial charge in [0, 0.05) is 0 Å². The summed E-state index contributed by atoms with van der Waals surface area (Å²) in [6.07, 6.45) is 5.19. The molecule has 11 heavy (non-hydrogen) atoms. The van der Waals surface area contributed by atoms with Gasteiger partial charge in [-0.05, 0) is 13.8 Å². The average molecular weight is 154 g/mol. The van der Waals surface area contributed by atoms with Gasteiger partial charge in [-0.15, -0.1) is 0 Å². The molecule has 0 rings (SSSR count). The fourth-order valence-electron chi connectivity index (χ4n) is 0.640. The monoisotopic (exact) mass is 154 g/mol. The van der Waals surface area contributed by atoms with Crippen LogP contribution in [0.2, 0.25) is 0 Å². The van der Waals surface area contributed by atoms with E-state index in [4.69, 9.17) is 4.74 Å². The third-order valence-corrected chi connectivity index (χ3v) is 1.20. The van der Waals surface area contributed by atoms with Crippen molar-refractivity contribution >= 4 is 5.97 Å². The molecule has 2 heteroatoms. The lowest BCUT2D eigenvalue weighted by atomic mass is 10.2. The molecule has 0 amide bonds. The van der Waals surface area contributed by atoms with Crippen molar-refractivity contribution in [3.8, 4) is 0 Å². The number of allylic oxidation sites excluding steroid dienone is 1. The Labute approximate surface area is 67.6 Å². The molecule has 0 radical (unpaired) electrons. The Kier molecular flexibility index (Phi) is 5.17. The van der Waals surface area contributed by atoms with Crippen LogP contribution < -0.4 is 0 Å². The van der Waals surface area contributed by atoms with Crippen LogP contribution in [0.5, 0.6) is 0 Å². The molecule has 0 heterocycles. The van der Waals surface area contributed by atoms with E-state index in [1.165, 1.54) is 0 Å². The molecule has 0 saturated heterocycles. The van der Waals surface area contributed by atoms with Gasteiger partial charge in [-0.3, -0.25) is 4.79 Å². The molecule has 0 aromatic rings. The second-order valence-corrected chi connectivity index (χ2v) is 2.23. The molecule has 1 unspecified atom stereocenters. The average Bonchev–Trinajstić information content (AvgIpc) is 2.00. The summed E-state index contributed by atoms with van der Waals surface area (Å²) >= 11 is 0. The third-order valence-electron chi connectivity index (χ3n) is 1.20. The summed E-state index contributed by atoms with van der Waals surface area (Å²) in [7, 11) is 0. The normalized spacial score (nSPS) is 12.9. The molecule has 1 atom stereocenters. The first-order valence-electron chi connectivity index (χ1n) is 3.62. The first-order chi connectivity index (χ1) is 5.22. The number of esters is 1. The minimum Gasteiger partial charge on any atom is -0.461 e. The number of carbonyl (C=O) groups is 1. The molecule has 0 saturated carbocycles. The van der Waals surface area contributed by atoms with Crippen molar-refractivity contribution in [2.24, 2.45) is 5.92 Å². The van der Waals surface area contributed by atoms with Crippen molar-refractivity contribution in [1.29, 1.82) is 0 Å². The standard InChI is InChI=1S/C9H14O2/c1-4-6-8(3)9(10)11-7-5-2/h4-6,8H,2,7H2,1,3H3/b6-4-. The van der Waals surface area contributed by atoms with Crippen molar-refractivity contribution in [1.82, 2.24) is 0 Å². The van der Waals surface area contributed by atoms with Gasteiger partial charge >= 0.3 is 5.97 Å². The number of rotatable bonds is 4. The van der Waals surface area contributed by atoms with E-state index in [2.05, 4.69) is 6.58 Å². The van der Waals surface area contributed by atoms with Gasteiger partial charge < -0.3 is 4.74 Å². The van der Waals surface area contributed by atoms with Gasteiger partial charge in [-0.25, -0.2) is 0 Å². The van der Waals surface area contributed by atoms with Crippen LogP contribution in [0, 0.1) is 5.92 Å². The Morgan fingerprint density at radius 3 is 2.82 bits per heavy atom. The van der Waals surface area contributed by atoms with Gasteiger partial charge in [-0.1, -0.05) is 24.8 Å². The SMILES string of the molecule is C=CCOC(=O)C(C)/C=C\C. The van der Waals surface area contributed by atoms with Gasteiger partial charge in [0.05, 0.1) is 5.92 Å². The molecule has 0 aromatic carbocycles. The van der Waals surface area contributed by atoms with E-state index in [1.54, 1.807) is 19.1 Å². The smallest absolute Gasteiger partial charge is 0.312 e. The predicted molar refractivity (Wildman–Crippen MR) is 45.1 cm³/mol. The van der Waals surface area contributed by atoms with E-state index in [0.717, 1.165) is 0 Å². The molecule has 0 aliphatic rings. The molecule has 0 N–H and O–H groups in total. The largest absolute Gasteiger partial charge is 0.461 e. The van der Waals surface area contributed by atoms with Gasteiger partial charge in [0.15, 0.2) is 0 Å². The summed E-state index contributed by atoms with van der Waals surface area (Å²) in [5.74, 6) is -0.358. The topological polar surface area (TPSA) is 26.3 Å². The van der Waals surface area contributed by atoms with Crippen LogP contribution in [-0.4, -0.2) is 12.6 Å². The maximum atomic E-state index is 11.0. The second-order valence-electron chi connectivity index (χ2n) is 2.23. The Balaban J connectivity index is 3.72. The van der Waals surface area contributed by atoms with E-state index in [0.29, 0.717) is 6.61 Å². The van der Waals surface area contributed by atoms with Crippen molar-refractivity contribution in [2.45, 2.75) is 13.8 Å². The Morgan fingerprint density at radius 2 is 2.36 bits per heavy atom. The molecular weight excluding hydrogens is 140 g/mol. The number of ether oxygens (including phenoxy) is 1. The quantitative estimate of drug-likeness (QED) is 0.457.